The summed E-state index contributed by atoms with van der Waals surface area (Å²) in [5.41, 5.74) is 3.24. The van der Waals surface area contributed by atoms with Crippen molar-refractivity contribution < 1.29 is 9.47 Å². The summed E-state index contributed by atoms with van der Waals surface area (Å²) in [5, 5.41) is 0. The molecule has 0 aromatic heterocycles. The van der Waals surface area contributed by atoms with Gasteiger partial charge in [0.2, 0.25) is 6.79 Å². The molecular weight excluding hydrogens is 396 g/mol. The predicted molar refractivity (Wildman–Crippen MR) is 128 cm³/mol. The molecule has 0 spiro atoms. The molecule has 170 valence electrons. The number of rotatable bonds is 5. The van der Waals surface area contributed by atoms with E-state index in [-0.39, 0.29) is 23.2 Å². The number of halogens is 1. The molecule has 2 aliphatic heterocycles. The van der Waals surface area contributed by atoms with Crippen molar-refractivity contribution in [2.75, 3.05) is 44.4 Å². The van der Waals surface area contributed by atoms with Crippen LogP contribution in [0.1, 0.15) is 72.3 Å². The molecule has 3 aliphatic rings. The Kier molecular flexibility index (Phi) is 7.18. The van der Waals surface area contributed by atoms with Crippen LogP contribution in [0.2, 0.25) is 0 Å². The Hall–Kier alpha value is -1.13. The number of piperazine rings is 1. The van der Waals surface area contributed by atoms with Crippen molar-refractivity contribution in [3.8, 4) is 11.5 Å². The van der Waals surface area contributed by atoms with Gasteiger partial charge >= 0.3 is 0 Å². The minimum Gasteiger partial charge on any atom is -0.454 e. The zero-order chi connectivity index (χ0) is 20.6. The molecule has 0 bridgehead atoms. The Bertz CT molecular complexity index is 730. The SMILES string of the molecule is CCCCN1CCN(c2cc3c(cc2C2(C)CCCC(C)C2(C)C)OCO3)CC1.Cl. The lowest BCUT2D eigenvalue weighted by atomic mass is 9.52. The van der Waals surface area contributed by atoms with Crippen LogP contribution in [0.5, 0.6) is 11.5 Å². The van der Waals surface area contributed by atoms with Crippen LogP contribution in [0.4, 0.5) is 5.69 Å². The van der Waals surface area contributed by atoms with Gasteiger partial charge in [0.1, 0.15) is 0 Å². The Labute approximate surface area is 189 Å². The molecule has 4 nitrogen and oxygen atoms in total. The largest absolute Gasteiger partial charge is 0.454 e. The van der Waals surface area contributed by atoms with Crippen molar-refractivity contribution in [2.45, 2.75) is 72.1 Å². The van der Waals surface area contributed by atoms with E-state index in [4.69, 9.17) is 9.47 Å². The molecule has 2 fully saturated rings. The van der Waals surface area contributed by atoms with E-state index >= 15 is 0 Å². The smallest absolute Gasteiger partial charge is 0.231 e. The first kappa shape index (κ1) is 23.5. The van der Waals surface area contributed by atoms with Crippen molar-refractivity contribution in [3.63, 3.8) is 0 Å². The maximum absolute atomic E-state index is 5.82. The summed E-state index contributed by atoms with van der Waals surface area (Å²) in [6.45, 7) is 18.3. The standard InChI is InChI=1S/C25H40N2O2.ClH/c1-6-7-11-26-12-14-27(15-13-26)21-17-23-22(28-18-29-23)16-20(21)25(5)10-8-9-19(2)24(25,3)4;/h16-17,19H,6-15,18H2,1-5H3;1H. The highest BCUT2D eigenvalue weighted by atomic mass is 35.5. The Morgan fingerprint density at radius 3 is 2.37 bits per heavy atom. The van der Waals surface area contributed by atoms with Crippen LogP contribution in [-0.4, -0.2) is 44.4 Å². The summed E-state index contributed by atoms with van der Waals surface area (Å²) in [6.07, 6.45) is 6.46. The number of ether oxygens (including phenoxy) is 2. The van der Waals surface area contributed by atoms with Crippen molar-refractivity contribution in [1.29, 1.82) is 0 Å². The molecule has 2 unspecified atom stereocenters. The highest BCUT2D eigenvalue weighted by molar-refractivity contribution is 5.85. The van der Waals surface area contributed by atoms with Gasteiger partial charge in [-0.15, -0.1) is 12.4 Å². The van der Waals surface area contributed by atoms with E-state index in [2.05, 4.69) is 56.6 Å². The molecule has 2 atom stereocenters. The summed E-state index contributed by atoms with van der Waals surface area (Å²) in [6, 6.07) is 4.60. The summed E-state index contributed by atoms with van der Waals surface area (Å²) in [7, 11) is 0. The third kappa shape index (κ3) is 4.02. The second-order valence-electron chi connectivity index (χ2n) is 10.3. The van der Waals surface area contributed by atoms with Gasteiger partial charge in [0.25, 0.3) is 0 Å². The van der Waals surface area contributed by atoms with Gasteiger partial charge < -0.3 is 14.4 Å². The lowest BCUT2D eigenvalue weighted by molar-refractivity contribution is 0.0477. The minimum atomic E-state index is 0. The molecule has 0 radical (unpaired) electrons. The molecule has 1 saturated heterocycles. The number of anilines is 1. The van der Waals surface area contributed by atoms with Gasteiger partial charge in [0.05, 0.1) is 0 Å². The zero-order valence-electron chi connectivity index (χ0n) is 19.6. The average molecular weight is 437 g/mol. The zero-order valence-corrected chi connectivity index (χ0v) is 20.4. The summed E-state index contributed by atoms with van der Waals surface area (Å²) >= 11 is 0. The lowest BCUT2D eigenvalue weighted by Crippen LogP contribution is -2.50. The van der Waals surface area contributed by atoms with E-state index in [9.17, 15) is 0 Å². The lowest BCUT2D eigenvalue weighted by Gasteiger charge is -2.53. The van der Waals surface area contributed by atoms with Crippen molar-refractivity contribution >= 4 is 18.1 Å². The van der Waals surface area contributed by atoms with E-state index in [1.165, 1.54) is 49.9 Å². The summed E-state index contributed by atoms with van der Waals surface area (Å²) in [5.74, 6) is 2.56. The Morgan fingerprint density at radius 2 is 1.70 bits per heavy atom. The highest BCUT2D eigenvalue weighted by Gasteiger charge is 2.49. The van der Waals surface area contributed by atoms with Crippen molar-refractivity contribution in [1.82, 2.24) is 4.90 Å². The van der Waals surface area contributed by atoms with Crippen LogP contribution in [0, 0.1) is 11.3 Å². The average Bonchev–Trinajstić information content (AvgIpc) is 3.18. The van der Waals surface area contributed by atoms with E-state index in [0.29, 0.717) is 12.7 Å². The molecule has 1 aliphatic carbocycles. The van der Waals surface area contributed by atoms with Gasteiger partial charge in [-0.1, -0.05) is 53.9 Å². The topological polar surface area (TPSA) is 24.9 Å². The quantitative estimate of drug-likeness (QED) is 0.576. The number of unbranched alkanes of at least 4 members (excludes halogenated alkanes) is 1. The van der Waals surface area contributed by atoms with E-state index < -0.39 is 0 Å². The fourth-order valence-electron chi connectivity index (χ4n) is 5.70. The van der Waals surface area contributed by atoms with Crippen molar-refractivity contribution in [2.24, 2.45) is 11.3 Å². The van der Waals surface area contributed by atoms with Crippen LogP contribution in [0.15, 0.2) is 12.1 Å². The first-order valence-electron chi connectivity index (χ1n) is 11.8. The molecule has 30 heavy (non-hydrogen) atoms. The maximum Gasteiger partial charge on any atom is 0.231 e. The number of hydrogen-bond acceptors (Lipinski definition) is 4. The monoisotopic (exact) mass is 436 g/mol. The van der Waals surface area contributed by atoms with Gasteiger partial charge in [-0.05, 0) is 42.3 Å². The third-order valence-corrected chi connectivity index (χ3v) is 8.59. The Balaban J connectivity index is 0.00000256. The third-order valence-electron chi connectivity index (χ3n) is 8.59. The summed E-state index contributed by atoms with van der Waals surface area (Å²) in [4.78, 5) is 5.24. The van der Waals surface area contributed by atoms with E-state index in [0.717, 1.165) is 37.7 Å². The molecular formula is C25H41ClN2O2. The number of fused-ring (bicyclic) bond motifs is 1. The number of hydrogen-bond donors (Lipinski definition) is 0. The number of nitrogens with zero attached hydrogens (tertiary/aromatic N) is 2. The van der Waals surface area contributed by atoms with Gasteiger partial charge in [-0.3, -0.25) is 4.90 Å². The van der Waals surface area contributed by atoms with E-state index in [1.807, 2.05) is 0 Å². The van der Waals surface area contributed by atoms with Crippen LogP contribution in [0.3, 0.4) is 0 Å². The fraction of sp³-hybridized carbons (Fsp3) is 0.760. The maximum atomic E-state index is 5.82. The highest BCUT2D eigenvalue weighted by Crippen LogP contribution is 2.57. The Morgan fingerprint density at radius 1 is 1.03 bits per heavy atom. The molecule has 4 rings (SSSR count). The van der Waals surface area contributed by atoms with Gasteiger partial charge in [-0.2, -0.15) is 0 Å². The normalized spacial score (nSPS) is 28.3. The van der Waals surface area contributed by atoms with Crippen LogP contribution in [-0.2, 0) is 5.41 Å². The van der Waals surface area contributed by atoms with Crippen LogP contribution >= 0.6 is 12.4 Å². The van der Waals surface area contributed by atoms with Crippen molar-refractivity contribution in [3.05, 3.63) is 17.7 Å². The van der Waals surface area contributed by atoms with Gasteiger partial charge in [0, 0.05) is 43.3 Å². The summed E-state index contributed by atoms with van der Waals surface area (Å²) < 4.78 is 11.6. The van der Waals surface area contributed by atoms with Crippen LogP contribution in [0.25, 0.3) is 0 Å². The van der Waals surface area contributed by atoms with E-state index in [1.54, 1.807) is 0 Å². The molecule has 2 heterocycles. The second-order valence-corrected chi connectivity index (χ2v) is 10.3. The fourth-order valence-corrected chi connectivity index (χ4v) is 5.70. The number of benzene rings is 1. The molecule has 1 aromatic carbocycles. The molecule has 1 saturated carbocycles. The second kappa shape index (κ2) is 9.16. The first-order valence-corrected chi connectivity index (χ1v) is 11.8. The molecule has 5 heteroatoms. The van der Waals surface area contributed by atoms with Crippen LogP contribution < -0.4 is 14.4 Å². The predicted octanol–water partition coefficient (Wildman–Crippen LogP) is 5.86. The first-order chi connectivity index (χ1) is 13.9. The molecule has 0 N–H and O–H groups in total. The van der Waals surface area contributed by atoms with Gasteiger partial charge in [0.15, 0.2) is 11.5 Å². The minimum absolute atomic E-state index is 0. The molecule has 0 amide bonds. The molecule has 1 aromatic rings. The van der Waals surface area contributed by atoms with Gasteiger partial charge in [-0.25, -0.2) is 0 Å².